The first-order valence-electron chi connectivity index (χ1n) is 5.40. The molecule has 3 rings (SSSR count). The van der Waals surface area contributed by atoms with Crippen molar-refractivity contribution in [2.24, 2.45) is 5.73 Å². The first-order chi connectivity index (χ1) is 7.88. The normalized spacial score (nSPS) is 15.2. The number of nitrogens with zero attached hydrogens (tertiary/aromatic N) is 3. The van der Waals surface area contributed by atoms with Crippen molar-refractivity contribution in [3.8, 4) is 0 Å². The molecule has 0 amide bonds. The molecule has 0 unspecified atom stereocenters. The number of furan rings is 1. The van der Waals surface area contributed by atoms with Crippen LogP contribution in [-0.2, 0) is 19.6 Å². The van der Waals surface area contributed by atoms with Gasteiger partial charge in [0.2, 0.25) is 0 Å². The van der Waals surface area contributed by atoms with Gasteiger partial charge in [-0.05, 0) is 6.07 Å². The van der Waals surface area contributed by atoms with Gasteiger partial charge < -0.3 is 19.6 Å². The number of aromatic nitrogens is 2. The van der Waals surface area contributed by atoms with Crippen molar-refractivity contribution in [3.63, 3.8) is 0 Å². The number of nitrogens with two attached hydrogens (primary N) is 1. The van der Waals surface area contributed by atoms with Crippen LogP contribution in [0.15, 0.2) is 29.1 Å². The lowest BCUT2D eigenvalue weighted by atomic mass is 10.2. The second-order valence-corrected chi connectivity index (χ2v) is 3.91. The van der Waals surface area contributed by atoms with Crippen molar-refractivity contribution in [2.45, 2.75) is 19.6 Å². The minimum Gasteiger partial charge on any atom is -0.449 e. The zero-order valence-corrected chi connectivity index (χ0v) is 8.97. The van der Waals surface area contributed by atoms with Gasteiger partial charge in [-0.15, -0.1) is 0 Å². The highest BCUT2D eigenvalue weighted by atomic mass is 16.3. The number of imidazole rings is 1. The number of anilines is 1. The molecule has 3 heterocycles. The summed E-state index contributed by atoms with van der Waals surface area (Å²) >= 11 is 0. The van der Waals surface area contributed by atoms with E-state index in [2.05, 4.69) is 14.5 Å². The molecule has 0 fully saturated rings. The van der Waals surface area contributed by atoms with Crippen LogP contribution in [0.25, 0.3) is 0 Å². The fourth-order valence-electron chi connectivity index (χ4n) is 2.12. The maximum absolute atomic E-state index is 5.66. The van der Waals surface area contributed by atoms with E-state index < -0.39 is 0 Å². The van der Waals surface area contributed by atoms with Gasteiger partial charge in [-0.25, -0.2) is 4.98 Å². The Labute approximate surface area is 93.5 Å². The molecule has 5 heteroatoms. The van der Waals surface area contributed by atoms with Crippen LogP contribution < -0.4 is 10.6 Å². The van der Waals surface area contributed by atoms with Crippen molar-refractivity contribution < 1.29 is 4.42 Å². The summed E-state index contributed by atoms with van der Waals surface area (Å²) in [7, 11) is 0. The van der Waals surface area contributed by atoms with E-state index in [4.69, 9.17) is 10.2 Å². The first-order valence-corrected chi connectivity index (χ1v) is 5.40. The Morgan fingerprint density at radius 1 is 1.44 bits per heavy atom. The number of fused-ring (bicyclic) bond motifs is 1. The van der Waals surface area contributed by atoms with Gasteiger partial charge in [0.25, 0.3) is 0 Å². The first kappa shape index (κ1) is 9.47. The summed E-state index contributed by atoms with van der Waals surface area (Å²) in [4.78, 5) is 6.52. The fourth-order valence-corrected chi connectivity index (χ4v) is 2.12. The molecule has 2 aromatic heterocycles. The summed E-state index contributed by atoms with van der Waals surface area (Å²) in [6.45, 7) is 3.19. The van der Waals surface area contributed by atoms with E-state index in [1.165, 1.54) is 5.69 Å². The van der Waals surface area contributed by atoms with Crippen LogP contribution in [0.2, 0.25) is 0 Å². The minimum absolute atomic E-state index is 0.494. The van der Waals surface area contributed by atoms with Crippen molar-refractivity contribution in [2.75, 3.05) is 11.4 Å². The molecule has 16 heavy (non-hydrogen) atoms. The van der Waals surface area contributed by atoms with Gasteiger partial charge in [0.15, 0.2) is 5.88 Å². The van der Waals surface area contributed by atoms with Gasteiger partial charge in [0.1, 0.15) is 0 Å². The summed E-state index contributed by atoms with van der Waals surface area (Å²) in [6.07, 6.45) is 3.57. The van der Waals surface area contributed by atoms with Crippen LogP contribution >= 0.6 is 0 Å². The minimum atomic E-state index is 0.494. The number of rotatable bonds is 2. The van der Waals surface area contributed by atoms with Gasteiger partial charge in [0.05, 0.1) is 30.5 Å². The van der Waals surface area contributed by atoms with E-state index in [1.807, 2.05) is 18.5 Å². The summed E-state index contributed by atoms with van der Waals surface area (Å²) < 4.78 is 7.57. The molecule has 2 N–H and O–H groups in total. The summed E-state index contributed by atoms with van der Waals surface area (Å²) in [5.74, 6) is 0.912. The van der Waals surface area contributed by atoms with E-state index in [-0.39, 0.29) is 0 Å². The maximum Gasteiger partial charge on any atom is 0.195 e. The molecule has 0 saturated heterocycles. The molecule has 0 radical (unpaired) electrons. The second kappa shape index (κ2) is 3.68. The second-order valence-electron chi connectivity index (χ2n) is 3.91. The van der Waals surface area contributed by atoms with Crippen molar-refractivity contribution in [1.82, 2.24) is 9.55 Å². The molecule has 0 spiro atoms. The Morgan fingerprint density at radius 3 is 3.12 bits per heavy atom. The smallest absolute Gasteiger partial charge is 0.195 e. The van der Waals surface area contributed by atoms with Crippen LogP contribution in [-0.4, -0.2) is 16.1 Å². The van der Waals surface area contributed by atoms with E-state index in [1.54, 1.807) is 6.26 Å². The Balaban J connectivity index is 1.90. The van der Waals surface area contributed by atoms with Gasteiger partial charge in [-0.3, -0.25) is 0 Å². The van der Waals surface area contributed by atoms with Gasteiger partial charge in [0, 0.05) is 25.7 Å². The molecule has 0 saturated carbocycles. The van der Waals surface area contributed by atoms with Crippen molar-refractivity contribution >= 4 is 5.88 Å². The molecular formula is C11H14N4O. The van der Waals surface area contributed by atoms with Crippen LogP contribution in [0.1, 0.15) is 11.4 Å². The quantitative estimate of drug-likeness (QED) is 0.815. The van der Waals surface area contributed by atoms with Gasteiger partial charge >= 0.3 is 0 Å². The molecule has 0 aromatic carbocycles. The molecule has 1 aliphatic heterocycles. The van der Waals surface area contributed by atoms with Gasteiger partial charge in [-0.2, -0.15) is 0 Å². The van der Waals surface area contributed by atoms with Crippen LogP contribution in [0, 0.1) is 0 Å². The summed E-state index contributed by atoms with van der Waals surface area (Å²) in [5, 5.41) is 0. The zero-order valence-electron chi connectivity index (χ0n) is 8.97. The van der Waals surface area contributed by atoms with Crippen LogP contribution in [0.5, 0.6) is 0 Å². The Kier molecular flexibility index (Phi) is 2.18. The third-order valence-corrected chi connectivity index (χ3v) is 3.00. The molecule has 0 aliphatic carbocycles. The van der Waals surface area contributed by atoms with E-state index in [0.29, 0.717) is 6.54 Å². The third kappa shape index (κ3) is 1.40. The average molecular weight is 218 g/mol. The molecule has 5 nitrogen and oxygen atoms in total. The van der Waals surface area contributed by atoms with Crippen molar-refractivity contribution in [1.29, 1.82) is 0 Å². The lowest BCUT2D eigenvalue weighted by molar-refractivity contribution is 0.497. The van der Waals surface area contributed by atoms with Crippen LogP contribution in [0.4, 0.5) is 5.88 Å². The predicted octanol–water partition coefficient (Wildman–Crippen LogP) is 0.955. The number of hydrogen-bond acceptors (Lipinski definition) is 4. The highest BCUT2D eigenvalue weighted by Gasteiger charge is 2.20. The SMILES string of the molecule is NCc1ncn2c1CN(c1ccco1)CC2. The Hall–Kier alpha value is -1.75. The molecule has 1 aliphatic rings. The van der Waals surface area contributed by atoms with E-state index in [9.17, 15) is 0 Å². The Bertz CT molecular complexity index is 461. The van der Waals surface area contributed by atoms with E-state index in [0.717, 1.165) is 31.2 Å². The zero-order chi connectivity index (χ0) is 11.0. The molecule has 84 valence electrons. The highest BCUT2D eigenvalue weighted by Crippen LogP contribution is 2.22. The molecular weight excluding hydrogens is 204 g/mol. The van der Waals surface area contributed by atoms with Gasteiger partial charge in [-0.1, -0.05) is 0 Å². The third-order valence-electron chi connectivity index (χ3n) is 3.00. The lowest BCUT2D eigenvalue weighted by Gasteiger charge is -2.28. The summed E-state index contributed by atoms with van der Waals surface area (Å²) in [5.41, 5.74) is 7.85. The predicted molar refractivity (Wildman–Crippen MR) is 59.9 cm³/mol. The molecule has 2 aromatic rings. The monoisotopic (exact) mass is 218 g/mol. The molecule has 0 atom stereocenters. The lowest BCUT2D eigenvalue weighted by Crippen LogP contribution is -2.33. The van der Waals surface area contributed by atoms with Crippen LogP contribution in [0.3, 0.4) is 0 Å². The fraction of sp³-hybridized carbons (Fsp3) is 0.364. The Morgan fingerprint density at radius 2 is 2.38 bits per heavy atom. The van der Waals surface area contributed by atoms with Crippen molar-refractivity contribution in [3.05, 3.63) is 36.1 Å². The average Bonchev–Trinajstić information content (AvgIpc) is 2.97. The largest absolute Gasteiger partial charge is 0.449 e. The highest BCUT2D eigenvalue weighted by molar-refractivity contribution is 5.37. The topological polar surface area (TPSA) is 60.2 Å². The maximum atomic E-state index is 5.66. The van der Waals surface area contributed by atoms with E-state index >= 15 is 0 Å². The number of hydrogen-bond donors (Lipinski definition) is 1. The standard InChI is InChI=1S/C11H14N4O/c12-6-9-10-7-14(11-2-1-5-16-11)3-4-15(10)8-13-9/h1-2,5,8H,3-4,6-7,12H2. The molecule has 0 bridgehead atoms. The summed E-state index contributed by atoms with van der Waals surface area (Å²) in [6, 6.07) is 3.89.